The highest BCUT2D eigenvalue weighted by Gasteiger charge is 2.13. The molecule has 0 saturated carbocycles. The topological polar surface area (TPSA) is 37.8 Å². The second-order valence-electron chi connectivity index (χ2n) is 3.80. The van der Waals surface area contributed by atoms with Gasteiger partial charge in [0.05, 0.1) is 28.6 Å². The summed E-state index contributed by atoms with van der Waals surface area (Å²) in [6.07, 6.45) is 2.01. The average molecular weight is 251 g/mol. The van der Waals surface area contributed by atoms with Gasteiger partial charge in [0.2, 0.25) is 0 Å². The molecule has 1 unspecified atom stereocenters. The third kappa shape index (κ3) is 3.08. The molecular weight excluding hydrogens is 237 g/mol. The Bertz CT molecular complexity index is 481. The van der Waals surface area contributed by atoms with Gasteiger partial charge in [-0.3, -0.25) is 4.98 Å². The lowest BCUT2D eigenvalue weighted by molar-refractivity contribution is 0.561. The van der Waals surface area contributed by atoms with Gasteiger partial charge in [-0.1, -0.05) is 0 Å². The Balaban J connectivity index is 2.13. The minimum absolute atomic E-state index is 0.0668. The van der Waals surface area contributed by atoms with Crippen LogP contribution >= 0.6 is 11.3 Å². The van der Waals surface area contributed by atoms with Crippen LogP contribution < -0.4 is 5.32 Å². The van der Waals surface area contributed by atoms with Crippen LogP contribution in [0.4, 0.5) is 4.39 Å². The van der Waals surface area contributed by atoms with E-state index in [1.165, 1.54) is 12.3 Å². The number of pyridine rings is 1. The number of likely N-dealkylation sites (N-methyl/N-ethyl adjacent to an activating group) is 1. The molecule has 0 aromatic carbocycles. The highest BCUT2D eigenvalue weighted by molar-refractivity contribution is 7.09. The number of thiazole rings is 1. The monoisotopic (exact) mass is 251 g/mol. The van der Waals surface area contributed by atoms with Crippen LogP contribution in [0.1, 0.15) is 22.4 Å². The van der Waals surface area contributed by atoms with Gasteiger partial charge in [-0.2, -0.15) is 0 Å². The summed E-state index contributed by atoms with van der Waals surface area (Å²) in [7, 11) is 1.87. The van der Waals surface area contributed by atoms with Crippen LogP contribution in [-0.2, 0) is 6.42 Å². The summed E-state index contributed by atoms with van der Waals surface area (Å²) in [5.41, 5.74) is 1.87. The molecule has 1 atom stereocenters. The van der Waals surface area contributed by atoms with Crippen LogP contribution in [0.15, 0.2) is 23.7 Å². The van der Waals surface area contributed by atoms with Gasteiger partial charge in [0, 0.05) is 11.8 Å². The van der Waals surface area contributed by atoms with Crippen molar-refractivity contribution in [3.8, 4) is 0 Å². The summed E-state index contributed by atoms with van der Waals surface area (Å²) >= 11 is 1.64. The minimum Gasteiger partial charge on any atom is -0.311 e. The van der Waals surface area contributed by atoms with Crippen molar-refractivity contribution >= 4 is 11.3 Å². The second-order valence-corrected chi connectivity index (χ2v) is 4.87. The summed E-state index contributed by atoms with van der Waals surface area (Å²) < 4.78 is 12.8. The van der Waals surface area contributed by atoms with Gasteiger partial charge in [0.1, 0.15) is 5.82 Å². The molecule has 0 aliphatic rings. The van der Waals surface area contributed by atoms with Crippen molar-refractivity contribution in [2.24, 2.45) is 0 Å². The number of hydrogen-bond donors (Lipinski definition) is 1. The number of halogens is 1. The van der Waals surface area contributed by atoms with Gasteiger partial charge in [-0.05, 0) is 26.1 Å². The molecule has 0 fully saturated rings. The number of nitrogens with one attached hydrogen (secondary N) is 1. The zero-order valence-corrected chi connectivity index (χ0v) is 10.6. The Hall–Kier alpha value is -1.33. The number of aromatic nitrogens is 2. The molecule has 0 amide bonds. The van der Waals surface area contributed by atoms with Gasteiger partial charge >= 0.3 is 0 Å². The molecule has 1 N–H and O–H groups in total. The van der Waals surface area contributed by atoms with Crippen LogP contribution in [0.25, 0.3) is 0 Å². The van der Waals surface area contributed by atoms with E-state index in [2.05, 4.69) is 15.3 Å². The van der Waals surface area contributed by atoms with Gasteiger partial charge in [-0.25, -0.2) is 9.37 Å². The van der Waals surface area contributed by atoms with Gasteiger partial charge in [0.15, 0.2) is 0 Å². The van der Waals surface area contributed by atoms with E-state index in [0.717, 1.165) is 22.8 Å². The highest BCUT2D eigenvalue weighted by Crippen LogP contribution is 2.18. The summed E-state index contributed by atoms with van der Waals surface area (Å²) in [5, 5.41) is 6.28. The Labute approximate surface area is 104 Å². The maximum atomic E-state index is 12.8. The van der Waals surface area contributed by atoms with E-state index in [-0.39, 0.29) is 11.9 Å². The van der Waals surface area contributed by atoms with Gasteiger partial charge in [0.25, 0.3) is 0 Å². The summed E-state index contributed by atoms with van der Waals surface area (Å²) in [4.78, 5) is 8.51. The zero-order valence-electron chi connectivity index (χ0n) is 9.77. The summed E-state index contributed by atoms with van der Waals surface area (Å²) in [5.74, 6) is -0.312. The summed E-state index contributed by atoms with van der Waals surface area (Å²) in [6, 6.07) is 3.20. The summed E-state index contributed by atoms with van der Waals surface area (Å²) in [6.45, 7) is 1.98. The Morgan fingerprint density at radius 3 is 2.82 bits per heavy atom. The lowest BCUT2D eigenvalue weighted by atomic mass is 10.1. The Morgan fingerprint density at radius 1 is 1.47 bits per heavy atom. The van der Waals surface area contributed by atoms with Crippen LogP contribution in [-0.4, -0.2) is 17.0 Å². The fourth-order valence-electron chi connectivity index (χ4n) is 1.66. The quantitative estimate of drug-likeness (QED) is 0.907. The van der Waals surface area contributed by atoms with E-state index in [1.807, 2.05) is 19.4 Å². The molecule has 2 rings (SSSR count). The Morgan fingerprint density at radius 2 is 2.29 bits per heavy atom. The predicted octanol–water partition coefficient (Wildman–Crippen LogP) is 2.49. The molecule has 3 nitrogen and oxygen atoms in total. The number of aryl methyl sites for hydroxylation is 1. The molecule has 0 saturated heterocycles. The Kier molecular flexibility index (Phi) is 3.81. The lowest BCUT2D eigenvalue weighted by Crippen LogP contribution is -2.20. The molecule has 0 aliphatic carbocycles. The van der Waals surface area contributed by atoms with E-state index in [9.17, 15) is 4.39 Å². The predicted molar refractivity (Wildman–Crippen MR) is 66.6 cm³/mol. The first-order valence-electron chi connectivity index (χ1n) is 5.39. The molecule has 0 bridgehead atoms. The number of hydrogen-bond acceptors (Lipinski definition) is 4. The largest absolute Gasteiger partial charge is 0.311 e. The smallest absolute Gasteiger partial charge is 0.141 e. The fourth-order valence-corrected chi connectivity index (χ4v) is 2.28. The number of rotatable bonds is 4. The van der Waals surface area contributed by atoms with Gasteiger partial charge < -0.3 is 5.32 Å². The molecule has 0 radical (unpaired) electrons. The third-order valence-electron chi connectivity index (χ3n) is 2.54. The minimum atomic E-state index is -0.312. The first-order chi connectivity index (χ1) is 8.19. The van der Waals surface area contributed by atoms with Crippen molar-refractivity contribution < 1.29 is 4.39 Å². The van der Waals surface area contributed by atoms with Crippen molar-refractivity contribution in [2.75, 3.05) is 7.05 Å². The fraction of sp³-hybridized carbons (Fsp3) is 0.333. The van der Waals surface area contributed by atoms with Crippen molar-refractivity contribution in [1.29, 1.82) is 0 Å². The SMILES string of the molecule is CNC(Cc1csc(C)n1)c1ccc(F)cn1. The van der Waals surface area contributed by atoms with Crippen LogP contribution in [0.2, 0.25) is 0 Å². The van der Waals surface area contributed by atoms with Crippen LogP contribution in [0.3, 0.4) is 0 Å². The lowest BCUT2D eigenvalue weighted by Gasteiger charge is -2.14. The molecule has 2 heterocycles. The molecule has 2 aromatic rings. The maximum Gasteiger partial charge on any atom is 0.141 e. The molecule has 2 aromatic heterocycles. The van der Waals surface area contributed by atoms with Crippen LogP contribution in [0, 0.1) is 12.7 Å². The standard InChI is InChI=1S/C12H14FN3S/c1-8-16-10(7-17-8)5-12(14-2)11-4-3-9(13)6-15-11/h3-4,6-7,12,14H,5H2,1-2H3. The zero-order chi connectivity index (χ0) is 12.3. The molecule has 5 heteroatoms. The van der Waals surface area contributed by atoms with Crippen molar-refractivity contribution in [3.05, 3.63) is 45.9 Å². The van der Waals surface area contributed by atoms with E-state index in [4.69, 9.17) is 0 Å². The second kappa shape index (κ2) is 5.33. The third-order valence-corrected chi connectivity index (χ3v) is 3.36. The molecular formula is C12H14FN3S. The van der Waals surface area contributed by atoms with E-state index in [0.29, 0.717) is 0 Å². The highest BCUT2D eigenvalue weighted by atomic mass is 32.1. The van der Waals surface area contributed by atoms with E-state index < -0.39 is 0 Å². The van der Waals surface area contributed by atoms with Crippen molar-refractivity contribution in [1.82, 2.24) is 15.3 Å². The van der Waals surface area contributed by atoms with E-state index in [1.54, 1.807) is 17.4 Å². The van der Waals surface area contributed by atoms with Crippen molar-refractivity contribution in [2.45, 2.75) is 19.4 Å². The first kappa shape index (κ1) is 12.1. The van der Waals surface area contributed by atoms with Gasteiger partial charge in [-0.15, -0.1) is 11.3 Å². The van der Waals surface area contributed by atoms with Crippen LogP contribution in [0.5, 0.6) is 0 Å². The molecule has 17 heavy (non-hydrogen) atoms. The average Bonchev–Trinajstić information content (AvgIpc) is 2.73. The maximum absolute atomic E-state index is 12.8. The molecule has 0 spiro atoms. The molecule has 0 aliphatic heterocycles. The normalized spacial score (nSPS) is 12.6. The first-order valence-corrected chi connectivity index (χ1v) is 6.26. The van der Waals surface area contributed by atoms with E-state index >= 15 is 0 Å². The van der Waals surface area contributed by atoms with Crippen molar-refractivity contribution in [3.63, 3.8) is 0 Å². The molecule has 90 valence electrons. The number of nitrogens with zero attached hydrogens (tertiary/aromatic N) is 2.